The Bertz CT molecular complexity index is 1620. The second kappa shape index (κ2) is 9.04. The van der Waals surface area contributed by atoms with Crippen molar-refractivity contribution in [3.05, 3.63) is 65.9 Å². The van der Waals surface area contributed by atoms with Crippen LogP contribution in [0.1, 0.15) is 21.8 Å². The lowest BCUT2D eigenvalue weighted by Gasteiger charge is -2.30. The van der Waals surface area contributed by atoms with Crippen molar-refractivity contribution in [2.24, 2.45) is 12.8 Å². The van der Waals surface area contributed by atoms with Crippen LogP contribution in [-0.4, -0.2) is 62.8 Å². The van der Waals surface area contributed by atoms with Crippen LogP contribution < -0.4 is 10.5 Å². The van der Waals surface area contributed by atoms with E-state index in [1.807, 2.05) is 41.9 Å². The lowest BCUT2D eigenvalue weighted by Crippen LogP contribution is -2.45. The third kappa shape index (κ3) is 3.84. The maximum Gasteiger partial charge on any atom is 0.254 e. The molecule has 5 aromatic rings. The molecule has 0 bridgehead atoms. The standard InChI is InChI=1S/C27H27FN6O3/c1-32-21-10-16-6-8-33(14-18(29)13-28)27(35)19(16)12-20(21)31-26(32)22-11-17-4-3-5-23(36-2)25(17)34(22)15-24-30-7-9-37-24/h3-5,7,9-12,18H,6,8,13-15,29H2,1-2H3/t18-/m1/s1. The summed E-state index contributed by atoms with van der Waals surface area (Å²) in [5.41, 5.74) is 10.7. The van der Waals surface area contributed by atoms with Gasteiger partial charge in [0.25, 0.3) is 5.91 Å². The van der Waals surface area contributed by atoms with Crippen LogP contribution in [0.15, 0.2) is 53.3 Å². The number of nitrogens with zero attached hydrogens (tertiary/aromatic N) is 5. The van der Waals surface area contributed by atoms with Gasteiger partial charge in [-0.2, -0.15) is 0 Å². The molecule has 1 aliphatic rings. The van der Waals surface area contributed by atoms with Crippen LogP contribution in [0.3, 0.4) is 0 Å². The molecule has 2 aromatic carbocycles. The molecule has 0 aliphatic carbocycles. The largest absolute Gasteiger partial charge is 0.495 e. The molecule has 37 heavy (non-hydrogen) atoms. The van der Waals surface area contributed by atoms with Crippen molar-refractivity contribution in [1.82, 2.24) is 24.0 Å². The minimum absolute atomic E-state index is 0.137. The molecule has 0 radical (unpaired) electrons. The van der Waals surface area contributed by atoms with Crippen molar-refractivity contribution in [2.75, 3.05) is 26.9 Å². The number of oxazole rings is 1. The molecular weight excluding hydrogens is 475 g/mol. The third-order valence-electron chi connectivity index (χ3n) is 7.04. The number of ether oxygens (including phenoxy) is 1. The molecule has 190 valence electrons. The number of rotatable bonds is 7. The average molecular weight is 503 g/mol. The first-order chi connectivity index (χ1) is 18.0. The van der Waals surface area contributed by atoms with Gasteiger partial charge in [0.1, 0.15) is 18.7 Å². The quantitative estimate of drug-likeness (QED) is 0.365. The minimum Gasteiger partial charge on any atom is -0.495 e. The van der Waals surface area contributed by atoms with Gasteiger partial charge in [-0.15, -0.1) is 0 Å². The van der Waals surface area contributed by atoms with Crippen LogP contribution in [-0.2, 0) is 20.0 Å². The van der Waals surface area contributed by atoms with Gasteiger partial charge in [-0.1, -0.05) is 12.1 Å². The van der Waals surface area contributed by atoms with Gasteiger partial charge < -0.3 is 28.9 Å². The number of alkyl halides is 1. The number of aromatic nitrogens is 4. The maximum absolute atomic E-state index is 13.2. The van der Waals surface area contributed by atoms with Crippen molar-refractivity contribution >= 4 is 27.8 Å². The minimum atomic E-state index is -0.682. The van der Waals surface area contributed by atoms with E-state index < -0.39 is 12.7 Å². The fraction of sp³-hybridized carbons (Fsp3) is 0.296. The molecule has 1 amide bonds. The molecule has 10 heteroatoms. The number of carbonyl (C=O) groups is 1. The highest BCUT2D eigenvalue weighted by Crippen LogP contribution is 2.36. The number of hydrogen-bond donors (Lipinski definition) is 1. The second-order valence-corrected chi connectivity index (χ2v) is 9.35. The van der Waals surface area contributed by atoms with Gasteiger partial charge in [0.2, 0.25) is 5.89 Å². The first-order valence-electron chi connectivity index (χ1n) is 12.1. The van der Waals surface area contributed by atoms with Crippen LogP contribution in [0, 0.1) is 0 Å². The first kappa shape index (κ1) is 23.2. The summed E-state index contributed by atoms with van der Waals surface area (Å²) >= 11 is 0. The number of benzene rings is 2. The van der Waals surface area contributed by atoms with Gasteiger partial charge in [-0.3, -0.25) is 4.79 Å². The first-order valence-corrected chi connectivity index (χ1v) is 12.1. The van der Waals surface area contributed by atoms with E-state index in [9.17, 15) is 9.18 Å². The van der Waals surface area contributed by atoms with Gasteiger partial charge in [0.15, 0.2) is 5.82 Å². The highest BCUT2D eigenvalue weighted by atomic mass is 19.1. The summed E-state index contributed by atoms with van der Waals surface area (Å²) in [5, 5.41) is 1.00. The van der Waals surface area contributed by atoms with Crippen molar-refractivity contribution in [1.29, 1.82) is 0 Å². The molecule has 2 N–H and O–H groups in total. The summed E-state index contributed by atoms with van der Waals surface area (Å²) in [6.07, 6.45) is 3.86. The van der Waals surface area contributed by atoms with Crippen molar-refractivity contribution < 1.29 is 18.3 Å². The van der Waals surface area contributed by atoms with Crippen LogP contribution in [0.2, 0.25) is 0 Å². The van der Waals surface area contributed by atoms with E-state index in [0.717, 1.165) is 39.3 Å². The van der Waals surface area contributed by atoms with Crippen molar-refractivity contribution in [3.8, 4) is 17.3 Å². The highest BCUT2D eigenvalue weighted by molar-refractivity contribution is 6.01. The normalized spacial score (nSPS) is 14.5. The van der Waals surface area contributed by atoms with Crippen molar-refractivity contribution in [3.63, 3.8) is 0 Å². The van der Waals surface area contributed by atoms with Gasteiger partial charge in [0.05, 0.1) is 48.1 Å². The lowest BCUT2D eigenvalue weighted by molar-refractivity contribution is 0.0725. The molecule has 0 spiro atoms. The summed E-state index contributed by atoms with van der Waals surface area (Å²) < 4.78 is 28.3. The van der Waals surface area contributed by atoms with E-state index in [4.69, 9.17) is 19.9 Å². The topological polar surface area (TPSA) is 104 Å². The summed E-state index contributed by atoms with van der Waals surface area (Å²) in [4.78, 5) is 24.1. The zero-order valence-electron chi connectivity index (χ0n) is 20.6. The summed E-state index contributed by atoms with van der Waals surface area (Å²) in [7, 11) is 3.62. The molecule has 6 rings (SSSR count). The Kier molecular flexibility index (Phi) is 5.68. The molecule has 9 nitrogen and oxygen atoms in total. The Morgan fingerprint density at radius 1 is 1.27 bits per heavy atom. The summed E-state index contributed by atoms with van der Waals surface area (Å²) in [6.45, 7) is 0.447. The number of halogens is 1. The molecule has 0 unspecified atom stereocenters. The van der Waals surface area contributed by atoms with Gasteiger partial charge in [-0.05, 0) is 36.2 Å². The molecule has 1 atom stereocenters. The number of hydrogen-bond acceptors (Lipinski definition) is 6. The summed E-state index contributed by atoms with van der Waals surface area (Å²) in [5.74, 6) is 1.91. The van der Waals surface area contributed by atoms with E-state index in [1.165, 1.54) is 0 Å². The fourth-order valence-corrected chi connectivity index (χ4v) is 5.22. The predicted octanol–water partition coefficient (Wildman–Crippen LogP) is 3.54. The highest BCUT2D eigenvalue weighted by Gasteiger charge is 2.28. The van der Waals surface area contributed by atoms with E-state index in [2.05, 4.69) is 15.6 Å². The second-order valence-electron chi connectivity index (χ2n) is 9.35. The van der Waals surface area contributed by atoms with Gasteiger partial charge in [-0.25, -0.2) is 14.4 Å². The van der Waals surface area contributed by atoms with Crippen molar-refractivity contribution in [2.45, 2.75) is 19.0 Å². The van der Waals surface area contributed by atoms with Crippen LogP contribution in [0.4, 0.5) is 4.39 Å². The van der Waals surface area contributed by atoms with E-state index in [-0.39, 0.29) is 12.5 Å². The molecule has 3 aromatic heterocycles. The maximum atomic E-state index is 13.2. The summed E-state index contributed by atoms with van der Waals surface area (Å²) in [6, 6.07) is 11.2. The Morgan fingerprint density at radius 3 is 2.89 bits per heavy atom. The Balaban J connectivity index is 1.49. The molecule has 0 saturated heterocycles. The van der Waals surface area contributed by atoms with Gasteiger partial charge >= 0.3 is 0 Å². The van der Waals surface area contributed by atoms with Crippen LogP contribution >= 0.6 is 0 Å². The molecule has 0 fully saturated rings. The number of aryl methyl sites for hydroxylation is 1. The number of fused-ring (bicyclic) bond motifs is 3. The van der Waals surface area contributed by atoms with Crippen LogP contribution in [0.25, 0.3) is 33.5 Å². The van der Waals surface area contributed by atoms with Crippen LogP contribution in [0.5, 0.6) is 5.75 Å². The Hall–Kier alpha value is -4.18. The monoisotopic (exact) mass is 502 g/mol. The zero-order valence-corrected chi connectivity index (χ0v) is 20.6. The number of nitrogens with two attached hydrogens (primary N) is 1. The van der Waals surface area contributed by atoms with Gasteiger partial charge in [0, 0.05) is 31.1 Å². The fourth-order valence-electron chi connectivity index (χ4n) is 5.22. The molecular formula is C27H27FN6O3. The SMILES string of the molecule is COc1cccc2cc(-c3nc4cc5c(cc4n3C)CCN(C[C@H](N)CF)C5=O)n(Cc3ncco3)c12. The molecule has 0 saturated carbocycles. The Morgan fingerprint density at radius 2 is 2.14 bits per heavy atom. The number of carbonyl (C=O) groups excluding carboxylic acids is 1. The van der Waals surface area contributed by atoms with E-state index >= 15 is 0 Å². The van der Waals surface area contributed by atoms with E-state index in [1.54, 1.807) is 24.5 Å². The number of amides is 1. The number of methoxy groups -OCH3 is 1. The Labute approximate surface area is 212 Å². The number of para-hydroxylation sites is 1. The smallest absolute Gasteiger partial charge is 0.254 e. The van der Waals surface area contributed by atoms with E-state index in [0.29, 0.717) is 36.5 Å². The average Bonchev–Trinajstić information content (AvgIpc) is 3.63. The number of imidazole rings is 1. The molecule has 1 aliphatic heterocycles. The molecule has 4 heterocycles. The zero-order chi connectivity index (χ0) is 25.7. The lowest BCUT2D eigenvalue weighted by atomic mass is 9.97. The predicted molar refractivity (Wildman–Crippen MR) is 137 cm³/mol. The third-order valence-corrected chi connectivity index (χ3v) is 7.04.